The van der Waals surface area contributed by atoms with E-state index in [4.69, 9.17) is 5.73 Å². The van der Waals surface area contributed by atoms with Crippen LogP contribution in [-0.2, 0) is 9.53 Å². The Kier molecular flexibility index (Phi) is 3.56. The summed E-state index contributed by atoms with van der Waals surface area (Å²) in [7, 11) is 0. The highest BCUT2D eigenvalue weighted by Gasteiger charge is 1.84. The summed E-state index contributed by atoms with van der Waals surface area (Å²) in [5.41, 5.74) is 4.83. The van der Waals surface area contributed by atoms with E-state index in [9.17, 15) is 4.79 Å². The molecule has 0 amide bonds. The van der Waals surface area contributed by atoms with E-state index in [1.807, 2.05) is 0 Å². The molecule has 0 saturated carbocycles. The second-order valence-corrected chi connectivity index (χ2v) is 1.10. The molecule has 0 bridgehead atoms. The maximum absolute atomic E-state index is 9.98. The van der Waals surface area contributed by atoms with E-state index in [2.05, 4.69) is 9.73 Å². The minimum atomic E-state index is -0.351. The number of nitrogens with two attached hydrogens (primary N) is 1. The first-order valence-electron chi connectivity index (χ1n) is 2.10. The van der Waals surface area contributed by atoms with Crippen molar-refractivity contribution in [3.05, 3.63) is 0 Å². The van der Waals surface area contributed by atoms with Crippen LogP contribution in [0, 0.1) is 0 Å². The molecule has 0 saturated heterocycles. The molecule has 0 aliphatic carbocycles. The van der Waals surface area contributed by atoms with Crippen LogP contribution in [0.25, 0.3) is 0 Å². The highest BCUT2D eigenvalue weighted by Crippen LogP contribution is 1.73. The Labute approximate surface area is 47.3 Å². The van der Waals surface area contributed by atoms with Gasteiger partial charge < -0.3 is 10.5 Å². The van der Waals surface area contributed by atoms with Gasteiger partial charge in [-0.25, -0.2) is 4.99 Å². The van der Waals surface area contributed by atoms with Crippen molar-refractivity contribution in [2.75, 3.05) is 6.73 Å². The molecule has 0 aliphatic heterocycles. The largest absolute Gasteiger partial charge is 0.443 e. The second kappa shape index (κ2) is 4.11. The number of hydrogen-bond acceptors (Lipinski definition) is 3. The summed E-state index contributed by atoms with van der Waals surface area (Å²) in [5, 5.41) is 0. The first-order valence-corrected chi connectivity index (χ1v) is 2.10. The minimum absolute atomic E-state index is 0.0197. The zero-order valence-electron chi connectivity index (χ0n) is 4.63. The van der Waals surface area contributed by atoms with Crippen LogP contribution in [0.3, 0.4) is 0 Å². The van der Waals surface area contributed by atoms with Crippen LogP contribution >= 0.6 is 0 Å². The molecule has 0 fully saturated rings. The van der Waals surface area contributed by atoms with Crippen molar-refractivity contribution in [3.8, 4) is 0 Å². The van der Waals surface area contributed by atoms with Crippen LogP contribution in [0.2, 0.25) is 0 Å². The molecule has 4 nitrogen and oxygen atoms in total. The van der Waals surface area contributed by atoms with E-state index in [0.29, 0.717) is 0 Å². The molecular weight excluding hydrogens is 108 g/mol. The summed E-state index contributed by atoms with van der Waals surface area (Å²) in [6.07, 6.45) is 1.09. The molecule has 0 aromatic rings. The summed E-state index contributed by atoms with van der Waals surface area (Å²) in [6.45, 7) is 1.33. The van der Waals surface area contributed by atoms with E-state index < -0.39 is 0 Å². The monoisotopic (exact) mass is 116 g/mol. The first kappa shape index (κ1) is 6.94. The van der Waals surface area contributed by atoms with Gasteiger partial charge in [0.15, 0.2) is 6.73 Å². The SMILES string of the molecule is CC(=O)OCN=CN. The Bertz CT molecular complexity index is 100. The number of carbonyl (C=O) groups excluding carboxylic acids is 1. The molecule has 0 unspecified atom stereocenters. The van der Waals surface area contributed by atoms with E-state index in [1.54, 1.807) is 0 Å². The van der Waals surface area contributed by atoms with Crippen molar-refractivity contribution in [3.63, 3.8) is 0 Å². The van der Waals surface area contributed by atoms with Crippen LogP contribution < -0.4 is 5.73 Å². The maximum atomic E-state index is 9.98. The van der Waals surface area contributed by atoms with Gasteiger partial charge in [0.25, 0.3) is 0 Å². The fourth-order valence-electron chi connectivity index (χ4n) is 0.171. The molecule has 0 spiro atoms. The topological polar surface area (TPSA) is 64.7 Å². The van der Waals surface area contributed by atoms with Gasteiger partial charge in [-0.2, -0.15) is 0 Å². The number of carbonyl (C=O) groups is 1. The fourth-order valence-corrected chi connectivity index (χ4v) is 0.171. The zero-order chi connectivity index (χ0) is 6.41. The first-order chi connectivity index (χ1) is 3.77. The van der Waals surface area contributed by atoms with Crippen LogP contribution in [0.15, 0.2) is 4.99 Å². The lowest BCUT2D eigenvalue weighted by Gasteiger charge is -1.91. The van der Waals surface area contributed by atoms with Crippen molar-refractivity contribution < 1.29 is 9.53 Å². The third kappa shape index (κ3) is 4.94. The summed E-state index contributed by atoms with van der Waals surface area (Å²) in [4.78, 5) is 13.4. The predicted octanol–water partition coefficient (Wildman–Crippen LogP) is -0.506. The molecule has 0 rings (SSSR count). The normalized spacial score (nSPS) is 9.62. The summed E-state index contributed by atoms with van der Waals surface area (Å²) >= 11 is 0. The Balaban J connectivity index is 3.05. The summed E-state index contributed by atoms with van der Waals surface area (Å²) in [5.74, 6) is -0.351. The number of nitrogens with zero attached hydrogens (tertiary/aromatic N) is 1. The third-order valence-corrected chi connectivity index (χ3v) is 0.448. The molecule has 0 atom stereocenters. The van der Waals surface area contributed by atoms with Gasteiger partial charge in [0.2, 0.25) is 0 Å². The lowest BCUT2D eigenvalue weighted by Crippen LogP contribution is -1.99. The van der Waals surface area contributed by atoms with Gasteiger partial charge in [0.05, 0.1) is 6.34 Å². The number of esters is 1. The van der Waals surface area contributed by atoms with Gasteiger partial charge in [-0.05, 0) is 0 Å². The molecule has 0 aromatic heterocycles. The molecule has 0 heterocycles. The lowest BCUT2D eigenvalue weighted by atomic mass is 10.8. The Morgan fingerprint density at radius 2 is 2.62 bits per heavy atom. The standard InChI is InChI=1S/C4H8N2O2/c1-4(7)8-3-6-2-5/h2H,3H2,1H3,(H2,5,6). The van der Waals surface area contributed by atoms with Gasteiger partial charge >= 0.3 is 5.97 Å². The predicted molar refractivity (Wildman–Crippen MR) is 29.3 cm³/mol. The van der Waals surface area contributed by atoms with Gasteiger partial charge in [0.1, 0.15) is 0 Å². The molecule has 0 aromatic carbocycles. The summed E-state index contributed by atoms with van der Waals surface area (Å²) in [6, 6.07) is 0. The van der Waals surface area contributed by atoms with Gasteiger partial charge in [-0.15, -0.1) is 0 Å². The van der Waals surface area contributed by atoms with Crippen molar-refractivity contribution in [1.29, 1.82) is 0 Å². The third-order valence-electron chi connectivity index (χ3n) is 0.448. The average molecular weight is 116 g/mol. The zero-order valence-corrected chi connectivity index (χ0v) is 4.63. The highest BCUT2D eigenvalue weighted by atomic mass is 16.5. The molecular formula is C4H8N2O2. The van der Waals surface area contributed by atoms with E-state index in [1.165, 1.54) is 6.92 Å². The number of rotatable bonds is 2. The van der Waals surface area contributed by atoms with Crippen molar-refractivity contribution >= 4 is 12.3 Å². The van der Waals surface area contributed by atoms with Crippen molar-refractivity contribution in [2.24, 2.45) is 10.7 Å². The maximum Gasteiger partial charge on any atom is 0.304 e. The number of hydrogen-bond donors (Lipinski definition) is 1. The molecule has 2 N–H and O–H groups in total. The van der Waals surface area contributed by atoms with Gasteiger partial charge in [0, 0.05) is 6.92 Å². The quantitative estimate of drug-likeness (QED) is 0.300. The van der Waals surface area contributed by atoms with Gasteiger partial charge in [-0.1, -0.05) is 0 Å². The molecule has 0 aliphatic rings. The van der Waals surface area contributed by atoms with Crippen molar-refractivity contribution in [1.82, 2.24) is 0 Å². The van der Waals surface area contributed by atoms with Crippen LogP contribution in [0.1, 0.15) is 6.92 Å². The molecule has 46 valence electrons. The smallest absolute Gasteiger partial charge is 0.304 e. The molecule has 4 heteroatoms. The van der Waals surface area contributed by atoms with E-state index in [0.717, 1.165) is 6.34 Å². The highest BCUT2D eigenvalue weighted by molar-refractivity contribution is 5.66. The Hall–Kier alpha value is -1.06. The number of aliphatic imine (C=N–C) groups is 1. The number of ether oxygens (including phenoxy) is 1. The minimum Gasteiger partial charge on any atom is -0.443 e. The Morgan fingerprint density at radius 3 is 3.00 bits per heavy atom. The van der Waals surface area contributed by atoms with Crippen LogP contribution in [0.5, 0.6) is 0 Å². The second-order valence-electron chi connectivity index (χ2n) is 1.10. The average Bonchev–Trinajstić information content (AvgIpc) is 1.66. The van der Waals surface area contributed by atoms with Crippen LogP contribution in [0.4, 0.5) is 0 Å². The van der Waals surface area contributed by atoms with Gasteiger partial charge in [-0.3, -0.25) is 4.79 Å². The molecule has 8 heavy (non-hydrogen) atoms. The fraction of sp³-hybridized carbons (Fsp3) is 0.500. The van der Waals surface area contributed by atoms with E-state index in [-0.39, 0.29) is 12.7 Å². The molecule has 0 radical (unpaired) electrons. The lowest BCUT2D eigenvalue weighted by molar-refractivity contribution is -0.140. The Morgan fingerprint density at radius 1 is 2.00 bits per heavy atom. The van der Waals surface area contributed by atoms with Crippen LogP contribution in [-0.4, -0.2) is 19.0 Å². The van der Waals surface area contributed by atoms with Crippen molar-refractivity contribution in [2.45, 2.75) is 6.92 Å². The van der Waals surface area contributed by atoms with E-state index >= 15 is 0 Å². The summed E-state index contributed by atoms with van der Waals surface area (Å²) < 4.78 is 4.37.